The summed E-state index contributed by atoms with van der Waals surface area (Å²) in [4.78, 5) is 47.0. The molecule has 2 amide bonds. The van der Waals surface area contributed by atoms with E-state index in [2.05, 4.69) is 20.6 Å². The van der Waals surface area contributed by atoms with Crippen LogP contribution in [0.1, 0.15) is 45.7 Å². The van der Waals surface area contributed by atoms with Crippen molar-refractivity contribution in [2.45, 2.75) is 37.8 Å². The Balaban J connectivity index is 0.000000197. The van der Waals surface area contributed by atoms with Crippen molar-refractivity contribution in [3.8, 4) is 21.5 Å². The maximum atomic E-state index is 12.8. The lowest BCUT2D eigenvalue weighted by molar-refractivity contribution is -0.384. The van der Waals surface area contributed by atoms with Gasteiger partial charge < -0.3 is 19.5 Å². The van der Waals surface area contributed by atoms with E-state index < -0.39 is 27.3 Å². The van der Waals surface area contributed by atoms with Gasteiger partial charge in [0.25, 0.3) is 5.69 Å². The second kappa shape index (κ2) is 22.0. The second-order valence-corrected chi connectivity index (χ2v) is 18.5. The van der Waals surface area contributed by atoms with Crippen molar-refractivity contribution in [3.63, 3.8) is 0 Å². The molecule has 338 valence electrons. The molecule has 0 radical (unpaired) electrons. The van der Waals surface area contributed by atoms with Gasteiger partial charge in [0, 0.05) is 22.2 Å². The molecular formula is C46H38Cl2N6O9S3. The lowest BCUT2D eigenvalue weighted by Crippen LogP contribution is -2.31. The van der Waals surface area contributed by atoms with Crippen LogP contribution in [0.5, 0.6) is 0 Å². The summed E-state index contributed by atoms with van der Waals surface area (Å²) in [6.07, 6.45) is 4.13. The highest BCUT2D eigenvalue weighted by Crippen LogP contribution is 2.29. The van der Waals surface area contributed by atoms with Crippen LogP contribution >= 0.6 is 45.9 Å². The summed E-state index contributed by atoms with van der Waals surface area (Å²) in [5, 5.41) is 21.9. The Morgan fingerprint density at radius 1 is 0.667 bits per heavy atom. The Bertz CT molecular complexity index is 3000. The number of amides is 2. The highest BCUT2D eigenvalue weighted by molar-refractivity contribution is 7.87. The van der Waals surface area contributed by atoms with Gasteiger partial charge in [0.2, 0.25) is 23.6 Å². The highest BCUT2D eigenvalue weighted by Gasteiger charge is 2.23. The zero-order valence-electron chi connectivity index (χ0n) is 34.4. The van der Waals surface area contributed by atoms with E-state index in [1.54, 1.807) is 60.7 Å². The first-order chi connectivity index (χ1) is 31.7. The largest absolute Gasteiger partial charge is 0.443 e. The number of nitro benzene ring substituents is 1. The average molecular weight is 986 g/mol. The topological polar surface area (TPSA) is 220 Å². The molecule has 0 bridgehead atoms. The lowest BCUT2D eigenvalue weighted by Gasteiger charge is -2.17. The Morgan fingerprint density at radius 3 is 1.52 bits per heavy atom. The molecule has 0 saturated heterocycles. The molecule has 0 aliphatic rings. The van der Waals surface area contributed by atoms with Crippen molar-refractivity contribution in [1.29, 1.82) is 0 Å². The van der Waals surface area contributed by atoms with Gasteiger partial charge in [-0.1, -0.05) is 83.9 Å². The van der Waals surface area contributed by atoms with Crippen LogP contribution < -0.4 is 15.4 Å². The normalized spacial score (nSPS) is 12.0. The Morgan fingerprint density at radius 2 is 1.12 bits per heavy atom. The summed E-state index contributed by atoms with van der Waals surface area (Å²) in [6.45, 7) is 0. The zero-order chi connectivity index (χ0) is 46.6. The summed E-state index contributed by atoms with van der Waals surface area (Å²) in [6, 6.07) is 33.5. The number of rotatable bonds is 17. The fourth-order valence-corrected chi connectivity index (χ4v) is 8.79. The van der Waals surface area contributed by atoms with Gasteiger partial charge in [-0.25, -0.2) is 9.97 Å². The van der Waals surface area contributed by atoms with Gasteiger partial charge >= 0.3 is 10.3 Å². The van der Waals surface area contributed by atoms with Crippen LogP contribution in [-0.4, -0.2) is 39.7 Å². The minimum absolute atomic E-state index is 0.0108. The molecular weight excluding hydrogens is 948 g/mol. The van der Waals surface area contributed by atoms with Crippen LogP contribution in [0.25, 0.3) is 21.5 Å². The Labute approximate surface area is 396 Å². The smallest absolute Gasteiger partial charge is 0.357 e. The first-order valence-corrected chi connectivity index (χ1v) is 23.8. The molecule has 4 aromatic carbocycles. The number of hydrogen-bond acceptors (Lipinski definition) is 12. The molecule has 0 aliphatic carbocycles. The number of nitrogens with one attached hydrogen (secondary N) is 3. The third-order valence-electron chi connectivity index (χ3n) is 9.63. The zero-order valence-corrected chi connectivity index (χ0v) is 38.3. The van der Waals surface area contributed by atoms with Crippen LogP contribution in [0.15, 0.2) is 153 Å². The van der Waals surface area contributed by atoms with Crippen LogP contribution in [0.2, 0.25) is 10.0 Å². The number of thiophene rings is 2. The van der Waals surface area contributed by atoms with E-state index in [-0.39, 0.29) is 36.0 Å². The van der Waals surface area contributed by atoms with Gasteiger partial charge in [0.05, 0.1) is 45.3 Å². The minimum Gasteiger partial charge on any atom is -0.443 e. The van der Waals surface area contributed by atoms with Gasteiger partial charge in [-0.15, -0.1) is 22.7 Å². The average Bonchev–Trinajstić information content (AvgIpc) is 4.12. The summed E-state index contributed by atoms with van der Waals surface area (Å²) < 4.78 is 44.2. The predicted molar refractivity (Wildman–Crippen MR) is 254 cm³/mol. The van der Waals surface area contributed by atoms with Crippen molar-refractivity contribution in [3.05, 3.63) is 198 Å². The van der Waals surface area contributed by atoms with Crippen molar-refractivity contribution in [1.82, 2.24) is 20.6 Å². The molecule has 4 aromatic heterocycles. The fraction of sp³-hybridized carbons (Fsp3) is 0.130. The summed E-state index contributed by atoms with van der Waals surface area (Å²) in [5.74, 6) is 0.539. The number of nitro groups is 1. The number of non-ortho nitro benzene ring substituents is 1. The van der Waals surface area contributed by atoms with E-state index in [9.17, 15) is 28.1 Å². The molecule has 66 heavy (non-hydrogen) atoms. The van der Waals surface area contributed by atoms with E-state index in [0.717, 1.165) is 32.0 Å². The van der Waals surface area contributed by atoms with Crippen molar-refractivity contribution >= 4 is 79.4 Å². The highest BCUT2D eigenvalue weighted by atomic mass is 35.5. The molecule has 20 heteroatoms. The lowest BCUT2D eigenvalue weighted by atomic mass is 10.0. The first-order valence-electron chi connectivity index (χ1n) is 19.9. The van der Waals surface area contributed by atoms with Gasteiger partial charge in [0.15, 0.2) is 0 Å². The van der Waals surface area contributed by atoms with Crippen molar-refractivity contribution in [2.24, 2.45) is 0 Å². The Kier molecular flexibility index (Phi) is 15.8. The molecule has 0 saturated carbocycles. The predicted octanol–water partition coefficient (Wildman–Crippen LogP) is 10.5. The molecule has 4 heterocycles. The van der Waals surface area contributed by atoms with Crippen LogP contribution in [0.4, 0.5) is 11.4 Å². The quantitative estimate of drug-likeness (QED) is 0.0382. The first kappa shape index (κ1) is 47.3. The van der Waals surface area contributed by atoms with Gasteiger partial charge in [-0.3, -0.25) is 29.0 Å². The van der Waals surface area contributed by atoms with Gasteiger partial charge in [-0.05, 0) is 94.4 Å². The monoisotopic (exact) mass is 984 g/mol. The number of anilines is 1. The number of halogens is 2. The molecule has 8 rings (SSSR count). The minimum atomic E-state index is -4.36. The van der Waals surface area contributed by atoms with Crippen LogP contribution in [-0.2, 0) is 45.6 Å². The second-order valence-electron chi connectivity index (χ2n) is 14.6. The van der Waals surface area contributed by atoms with E-state index in [1.165, 1.54) is 59.5 Å². The van der Waals surface area contributed by atoms with Crippen molar-refractivity contribution < 1.29 is 36.3 Å². The number of carbonyl (C=O) groups excluding carboxylic acids is 2. The molecule has 15 nitrogen and oxygen atoms in total. The number of aromatic nitrogens is 2. The third kappa shape index (κ3) is 13.9. The molecule has 8 aromatic rings. The summed E-state index contributed by atoms with van der Waals surface area (Å²) >= 11 is 15.1. The van der Waals surface area contributed by atoms with Gasteiger partial charge in [0.1, 0.15) is 23.9 Å². The van der Waals surface area contributed by atoms with Crippen LogP contribution in [0, 0.1) is 10.1 Å². The summed E-state index contributed by atoms with van der Waals surface area (Å²) in [7, 11) is -4.36. The SMILES string of the molecule is O=C(Cc1cccc(Cl)c1)N[C@@H](Cc1ccc(NS(=O)(=O)O)cc1)c1coc(-c2cccs2)n1.O=C(Cc1cccc(Cl)c1)N[C@@H](Cc1ccc([N+](=O)[O-])cc1)c1coc(-c2cccs2)n1. The standard InChI is InChI=1S/C23H20ClN3O5S2.C23H18ClN3O4S/c24-17-4-1-3-16(11-17)13-22(28)25-19(20-14-32-23(26-20)21-5-2-10-33-21)12-15-6-8-18(9-7-15)27-34(29,30)31;24-17-4-1-3-16(11-17)13-22(28)25-19(12-15-6-8-18(9-7-15)27(29)30)20-14-31-23(26-20)21-5-2-10-32-21/h1-11,14,19,27H,12-13H2,(H,25,28)(H,29,30,31);1-11,14,19H,12-13H2,(H,25,28)/t2*19-/m00/s1. The Hall–Kier alpha value is -6.67. The maximum Gasteiger partial charge on any atom is 0.357 e. The van der Waals surface area contributed by atoms with Crippen molar-refractivity contribution in [2.75, 3.05) is 4.72 Å². The van der Waals surface area contributed by atoms with E-state index in [0.29, 0.717) is 46.1 Å². The molecule has 4 N–H and O–H groups in total. The van der Waals surface area contributed by atoms with Gasteiger partial charge in [-0.2, -0.15) is 8.42 Å². The molecule has 0 spiro atoms. The van der Waals surface area contributed by atoms with E-state index in [4.69, 9.17) is 36.6 Å². The molecule has 2 atom stereocenters. The van der Waals surface area contributed by atoms with Crippen LogP contribution in [0.3, 0.4) is 0 Å². The molecule has 0 fully saturated rings. The molecule has 0 aliphatic heterocycles. The third-order valence-corrected chi connectivity index (χ3v) is 12.3. The summed E-state index contributed by atoms with van der Waals surface area (Å²) in [5.41, 5.74) is 4.58. The molecule has 0 unspecified atom stereocenters. The number of carbonyl (C=O) groups is 2. The number of hydrogen-bond donors (Lipinski definition) is 4. The fourth-order valence-electron chi connectivity index (χ4n) is 6.62. The van der Waals surface area contributed by atoms with E-state index >= 15 is 0 Å². The number of oxazole rings is 2. The number of benzene rings is 4. The van der Waals surface area contributed by atoms with E-state index in [1.807, 2.05) is 51.9 Å². The number of nitrogens with zero attached hydrogens (tertiary/aromatic N) is 3. The maximum absolute atomic E-state index is 12.8.